The molecule has 0 radical (unpaired) electrons. The van der Waals surface area contributed by atoms with E-state index < -0.39 is 11.6 Å². The predicted molar refractivity (Wildman–Crippen MR) is 60.2 cm³/mol. The van der Waals surface area contributed by atoms with E-state index in [4.69, 9.17) is 0 Å². The van der Waals surface area contributed by atoms with E-state index in [-0.39, 0.29) is 6.54 Å². The third kappa shape index (κ3) is 3.79. The summed E-state index contributed by atoms with van der Waals surface area (Å²) >= 11 is 0. The maximum absolute atomic E-state index is 11.2. The van der Waals surface area contributed by atoms with Gasteiger partial charge in [0.05, 0.1) is 7.11 Å². The first-order valence-electron chi connectivity index (χ1n) is 5.32. The minimum atomic E-state index is -1.51. The van der Waals surface area contributed by atoms with Gasteiger partial charge in [-0.1, -0.05) is 0 Å². The van der Waals surface area contributed by atoms with E-state index in [1.165, 1.54) is 14.0 Å². The van der Waals surface area contributed by atoms with Crippen molar-refractivity contribution in [2.24, 2.45) is 7.05 Å². The minimum Gasteiger partial charge on any atom is -0.467 e. The number of carbonyl (C=O) groups excluding carboxylic acids is 1. The summed E-state index contributed by atoms with van der Waals surface area (Å²) in [5.41, 5.74) is -1.51. The van der Waals surface area contributed by atoms with E-state index >= 15 is 0 Å². The van der Waals surface area contributed by atoms with E-state index in [0.717, 1.165) is 5.82 Å². The van der Waals surface area contributed by atoms with E-state index in [1.54, 1.807) is 6.33 Å². The Balaban J connectivity index is 2.29. The lowest BCUT2D eigenvalue weighted by Crippen LogP contribution is -2.46. The van der Waals surface area contributed by atoms with Gasteiger partial charge >= 0.3 is 5.97 Å². The Bertz CT molecular complexity index is 375. The highest BCUT2D eigenvalue weighted by Gasteiger charge is 2.30. The normalized spacial score (nSPS) is 14.4. The maximum atomic E-state index is 11.2. The predicted octanol–water partition coefficient (Wildman–Crippen LogP) is -1.13. The highest BCUT2D eigenvalue weighted by atomic mass is 16.5. The molecule has 17 heavy (non-hydrogen) atoms. The first-order chi connectivity index (χ1) is 7.97. The molecule has 0 amide bonds. The van der Waals surface area contributed by atoms with Gasteiger partial charge in [0.25, 0.3) is 0 Å². The summed E-state index contributed by atoms with van der Waals surface area (Å²) in [6, 6.07) is 0. The number of aliphatic hydroxyl groups is 1. The van der Waals surface area contributed by atoms with Crippen LogP contribution < -0.4 is 5.32 Å². The largest absolute Gasteiger partial charge is 0.467 e. The average molecular weight is 242 g/mol. The highest BCUT2D eigenvalue weighted by molar-refractivity contribution is 5.78. The second-order valence-corrected chi connectivity index (χ2v) is 4.05. The van der Waals surface area contributed by atoms with Crippen molar-refractivity contribution < 1.29 is 14.6 Å². The van der Waals surface area contributed by atoms with Crippen LogP contribution in [-0.4, -0.2) is 51.6 Å². The number of aryl methyl sites for hydroxylation is 1. The molecule has 1 rings (SSSR count). The summed E-state index contributed by atoms with van der Waals surface area (Å²) in [7, 11) is 3.11. The molecule has 1 atom stereocenters. The third-order valence-electron chi connectivity index (χ3n) is 2.42. The Labute approximate surface area is 99.8 Å². The van der Waals surface area contributed by atoms with Gasteiger partial charge in [-0.05, 0) is 6.92 Å². The zero-order chi connectivity index (χ0) is 12.9. The molecule has 1 heterocycles. The Morgan fingerprint density at radius 2 is 2.41 bits per heavy atom. The van der Waals surface area contributed by atoms with Crippen LogP contribution in [0.15, 0.2) is 6.33 Å². The van der Waals surface area contributed by atoms with Gasteiger partial charge in [0.15, 0.2) is 5.60 Å². The quantitative estimate of drug-likeness (QED) is 0.485. The monoisotopic (exact) mass is 242 g/mol. The molecule has 0 aliphatic heterocycles. The summed E-state index contributed by atoms with van der Waals surface area (Å²) in [5.74, 6) is 0.193. The second kappa shape index (κ2) is 5.74. The molecule has 0 bridgehead atoms. The molecular weight excluding hydrogens is 224 g/mol. The molecule has 0 aliphatic rings. The summed E-state index contributed by atoms with van der Waals surface area (Å²) in [5, 5.41) is 20.4. The smallest absolute Gasteiger partial charge is 0.338 e. The Kier molecular flexibility index (Phi) is 4.59. The summed E-state index contributed by atoms with van der Waals surface area (Å²) in [4.78, 5) is 11.2. The standard InChI is InChI=1S/C10H18N4O3/c1-10(16,9(15)17-3)6-11-5-4-8-13-12-7-14(8)2/h7,11,16H,4-6H2,1-3H3. The highest BCUT2D eigenvalue weighted by Crippen LogP contribution is 2.03. The van der Waals surface area contributed by atoms with Crippen molar-refractivity contribution in [2.45, 2.75) is 18.9 Å². The first kappa shape index (κ1) is 13.6. The van der Waals surface area contributed by atoms with Crippen molar-refractivity contribution in [1.29, 1.82) is 0 Å². The maximum Gasteiger partial charge on any atom is 0.338 e. The summed E-state index contributed by atoms with van der Waals surface area (Å²) in [6.45, 7) is 2.14. The summed E-state index contributed by atoms with van der Waals surface area (Å²) in [6.07, 6.45) is 2.30. The minimum absolute atomic E-state index is 0.136. The number of aromatic nitrogens is 3. The van der Waals surface area contributed by atoms with Gasteiger partial charge in [0, 0.05) is 26.6 Å². The molecule has 1 aromatic rings. The average Bonchev–Trinajstić information content (AvgIpc) is 2.69. The van der Waals surface area contributed by atoms with Crippen LogP contribution in [0.25, 0.3) is 0 Å². The summed E-state index contributed by atoms with van der Waals surface area (Å²) < 4.78 is 6.30. The van der Waals surface area contributed by atoms with Gasteiger partial charge in [-0.25, -0.2) is 4.79 Å². The molecule has 0 saturated heterocycles. The number of ether oxygens (including phenoxy) is 1. The number of hydrogen-bond donors (Lipinski definition) is 2. The van der Waals surface area contributed by atoms with Gasteiger partial charge in [-0.15, -0.1) is 10.2 Å². The lowest BCUT2D eigenvalue weighted by molar-refractivity contribution is -0.159. The van der Waals surface area contributed by atoms with Gasteiger partial charge in [0.1, 0.15) is 12.2 Å². The Morgan fingerprint density at radius 3 is 2.94 bits per heavy atom. The fraction of sp³-hybridized carbons (Fsp3) is 0.700. The Morgan fingerprint density at radius 1 is 1.71 bits per heavy atom. The molecule has 0 fully saturated rings. The molecule has 1 aromatic heterocycles. The van der Waals surface area contributed by atoms with Gasteiger partial charge in [0.2, 0.25) is 0 Å². The molecule has 2 N–H and O–H groups in total. The van der Waals surface area contributed by atoms with Crippen LogP contribution in [-0.2, 0) is 23.0 Å². The van der Waals surface area contributed by atoms with E-state index in [1.807, 2.05) is 11.6 Å². The fourth-order valence-corrected chi connectivity index (χ4v) is 1.36. The molecule has 0 saturated carbocycles. The first-order valence-corrected chi connectivity index (χ1v) is 5.32. The van der Waals surface area contributed by atoms with Crippen molar-refractivity contribution in [3.63, 3.8) is 0 Å². The SMILES string of the molecule is COC(=O)C(C)(O)CNCCc1nncn1C. The molecule has 96 valence electrons. The molecule has 7 heteroatoms. The number of rotatable bonds is 6. The van der Waals surface area contributed by atoms with Crippen LogP contribution in [0.2, 0.25) is 0 Å². The fourth-order valence-electron chi connectivity index (χ4n) is 1.36. The number of methoxy groups -OCH3 is 1. The molecular formula is C10H18N4O3. The van der Waals surface area contributed by atoms with Crippen molar-refractivity contribution in [3.8, 4) is 0 Å². The zero-order valence-electron chi connectivity index (χ0n) is 10.3. The number of esters is 1. The molecule has 1 unspecified atom stereocenters. The van der Waals surface area contributed by atoms with Crippen LogP contribution in [0.4, 0.5) is 0 Å². The van der Waals surface area contributed by atoms with Crippen LogP contribution >= 0.6 is 0 Å². The van der Waals surface area contributed by atoms with Crippen LogP contribution in [0.3, 0.4) is 0 Å². The topological polar surface area (TPSA) is 89.3 Å². The van der Waals surface area contributed by atoms with Crippen molar-refractivity contribution >= 4 is 5.97 Å². The molecule has 0 spiro atoms. The zero-order valence-corrected chi connectivity index (χ0v) is 10.3. The van der Waals surface area contributed by atoms with Gasteiger partial charge < -0.3 is 19.7 Å². The molecule has 0 aromatic carbocycles. The molecule has 7 nitrogen and oxygen atoms in total. The third-order valence-corrected chi connectivity index (χ3v) is 2.42. The van der Waals surface area contributed by atoms with Crippen LogP contribution in [0.5, 0.6) is 0 Å². The van der Waals surface area contributed by atoms with E-state index in [9.17, 15) is 9.90 Å². The van der Waals surface area contributed by atoms with Crippen LogP contribution in [0, 0.1) is 0 Å². The van der Waals surface area contributed by atoms with Crippen molar-refractivity contribution in [2.75, 3.05) is 20.2 Å². The number of hydrogen-bond acceptors (Lipinski definition) is 6. The van der Waals surface area contributed by atoms with Gasteiger partial charge in [-0.2, -0.15) is 0 Å². The number of nitrogens with one attached hydrogen (secondary N) is 1. The lowest BCUT2D eigenvalue weighted by atomic mass is 10.1. The van der Waals surface area contributed by atoms with Gasteiger partial charge in [-0.3, -0.25) is 0 Å². The van der Waals surface area contributed by atoms with E-state index in [2.05, 4.69) is 20.3 Å². The Hall–Kier alpha value is -1.47. The van der Waals surface area contributed by atoms with E-state index in [0.29, 0.717) is 13.0 Å². The number of carbonyl (C=O) groups is 1. The van der Waals surface area contributed by atoms with Crippen molar-refractivity contribution in [1.82, 2.24) is 20.1 Å². The lowest BCUT2D eigenvalue weighted by Gasteiger charge is -2.20. The van der Waals surface area contributed by atoms with Crippen molar-refractivity contribution in [3.05, 3.63) is 12.2 Å². The number of nitrogens with zero attached hydrogens (tertiary/aromatic N) is 3. The second-order valence-electron chi connectivity index (χ2n) is 4.05. The van der Waals surface area contributed by atoms with Crippen LogP contribution in [0.1, 0.15) is 12.7 Å². The molecule has 0 aliphatic carbocycles.